The van der Waals surface area contributed by atoms with Crippen LogP contribution in [0.15, 0.2) is 20.3 Å². The minimum absolute atomic E-state index is 0.0252. The molecule has 0 amide bonds. The lowest BCUT2D eigenvalue weighted by Gasteiger charge is -2.16. The number of hydrogen-bond acceptors (Lipinski definition) is 6. The van der Waals surface area contributed by atoms with Crippen LogP contribution in [0.1, 0.15) is 20.2 Å². The quantitative estimate of drug-likeness (QED) is 0.818. The predicted octanol–water partition coefficient (Wildman–Crippen LogP) is 2.79. The fraction of sp³-hybridized carbons (Fsp3) is 0.273. The van der Waals surface area contributed by atoms with Crippen LogP contribution in [0.5, 0.6) is 0 Å². The van der Waals surface area contributed by atoms with Gasteiger partial charge in [0.1, 0.15) is 9.77 Å². The van der Waals surface area contributed by atoms with Gasteiger partial charge in [-0.3, -0.25) is 0 Å². The van der Waals surface area contributed by atoms with Crippen LogP contribution in [0.25, 0.3) is 0 Å². The van der Waals surface area contributed by atoms with E-state index in [0.29, 0.717) is 0 Å². The van der Waals surface area contributed by atoms with Gasteiger partial charge in [0, 0.05) is 18.5 Å². The third-order valence-electron chi connectivity index (χ3n) is 2.77. The van der Waals surface area contributed by atoms with E-state index in [1.807, 2.05) is 6.92 Å². The number of carboxylic acids is 1. The Morgan fingerprint density at radius 1 is 1.52 bits per heavy atom. The van der Waals surface area contributed by atoms with E-state index >= 15 is 0 Å². The van der Waals surface area contributed by atoms with Gasteiger partial charge in [0.2, 0.25) is 10.0 Å². The number of thiazole rings is 1. The molecule has 2 aromatic rings. The number of nitrogens with zero attached hydrogens (tertiary/aromatic N) is 2. The van der Waals surface area contributed by atoms with Crippen molar-refractivity contribution in [2.75, 3.05) is 7.05 Å². The molecule has 6 nitrogen and oxygen atoms in total. The smallest absolute Gasteiger partial charge is 0.345 e. The largest absolute Gasteiger partial charge is 0.477 e. The van der Waals surface area contributed by atoms with Crippen molar-refractivity contribution in [1.82, 2.24) is 9.29 Å². The molecule has 0 atom stereocenters. The summed E-state index contributed by atoms with van der Waals surface area (Å²) < 4.78 is 26.5. The molecule has 114 valence electrons. The van der Waals surface area contributed by atoms with Crippen molar-refractivity contribution < 1.29 is 18.3 Å². The number of carbonyl (C=O) groups is 1. The molecule has 0 spiro atoms. The van der Waals surface area contributed by atoms with Crippen LogP contribution in [0.4, 0.5) is 0 Å². The number of halogens is 1. The lowest BCUT2D eigenvalue weighted by atomic mass is 10.4. The average molecular weight is 411 g/mol. The summed E-state index contributed by atoms with van der Waals surface area (Å²) >= 11 is 5.38. The molecule has 0 saturated heterocycles. The Morgan fingerprint density at radius 3 is 2.67 bits per heavy atom. The third kappa shape index (κ3) is 3.34. The fourth-order valence-corrected chi connectivity index (χ4v) is 5.97. The molecule has 2 rings (SSSR count). The third-order valence-corrected chi connectivity index (χ3v) is 7.73. The molecule has 10 heteroatoms. The van der Waals surface area contributed by atoms with E-state index in [4.69, 9.17) is 5.11 Å². The summed E-state index contributed by atoms with van der Waals surface area (Å²) in [5.74, 6) is -1.15. The van der Waals surface area contributed by atoms with E-state index in [0.717, 1.165) is 21.9 Å². The molecule has 0 aliphatic heterocycles. The van der Waals surface area contributed by atoms with Gasteiger partial charge in [0.15, 0.2) is 0 Å². The van der Waals surface area contributed by atoms with E-state index < -0.39 is 16.0 Å². The molecule has 0 fully saturated rings. The molecule has 2 aromatic heterocycles. The second-order valence-corrected chi connectivity index (χ2v) is 9.50. The van der Waals surface area contributed by atoms with Crippen molar-refractivity contribution in [3.05, 3.63) is 30.8 Å². The van der Waals surface area contributed by atoms with Crippen molar-refractivity contribution in [2.24, 2.45) is 0 Å². The summed E-state index contributed by atoms with van der Waals surface area (Å²) in [7, 11) is -2.31. The summed E-state index contributed by atoms with van der Waals surface area (Å²) in [5.41, 5.74) is 2.45. The number of aromatic nitrogens is 1. The minimum Gasteiger partial charge on any atom is -0.477 e. The number of hydrogen-bond donors (Lipinski definition) is 1. The number of thiophene rings is 1. The monoisotopic (exact) mass is 410 g/mol. The van der Waals surface area contributed by atoms with E-state index in [-0.39, 0.29) is 20.1 Å². The molecule has 1 N–H and O–H groups in total. The Morgan fingerprint density at radius 2 is 2.19 bits per heavy atom. The minimum atomic E-state index is -3.76. The number of carboxylic acid groups (broad SMARTS) is 1. The SMILES string of the molecule is Cc1ncsc1CN(C)S(=O)(=O)c1cc(C(=O)O)sc1Br. The zero-order chi connectivity index (χ0) is 15.8. The molecule has 2 heterocycles. The lowest BCUT2D eigenvalue weighted by Crippen LogP contribution is -2.26. The molecule has 0 bridgehead atoms. The molecular formula is C11H11BrN2O4S3. The maximum atomic E-state index is 12.5. The first-order valence-corrected chi connectivity index (χ1v) is 9.54. The van der Waals surface area contributed by atoms with Gasteiger partial charge in [0.05, 0.1) is 15.0 Å². The zero-order valence-electron chi connectivity index (χ0n) is 11.0. The maximum Gasteiger partial charge on any atom is 0.345 e. The number of aromatic carboxylic acids is 1. The summed E-state index contributed by atoms with van der Waals surface area (Å²) in [6.45, 7) is 2.01. The molecule has 0 radical (unpaired) electrons. The Bertz CT molecular complexity index is 781. The van der Waals surface area contributed by atoms with Crippen LogP contribution in [0.2, 0.25) is 0 Å². The van der Waals surface area contributed by atoms with Crippen LogP contribution in [-0.2, 0) is 16.6 Å². The van der Waals surface area contributed by atoms with Crippen LogP contribution >= 0.6 is 38.6 Å². The highest BCUT2D eigenvalue weighted by atomic mass is 79.9. The van der Waals surface area contributed by atoms with E-state index in [1.165, 1.54) is 28.8 Å². The van der Waals surface area contributed by atoms with Gasteiger partial charge in [-0.2, -0.15) is 4.31 Å². The van der Waals surface area contributed by atoms with Crippen LogP contribution in [0.3, 0.4) is 0 Å². The van der Waals surface area contributed by atoms with Crippen LogP contribution < -0.4 is 0 Å². The highest BCUT2D eigenvalue weighted by Gasteiger charge is 2.27. The molecule has 21 heavy (non-hydrogen) atoms. The normalized spacial score (nSPS) is 12.0. The van der Waals surface area contributed by atoms with Gasteiger partial charge < -0.3 is 5.11 Å². The first-order valence-electron chi connectivity index (χ1n) is 5.61. The zero-order valence-corrected chi connectivity index (χ0v) is 15.1. The second-order valence-electron chi connectivity index (χ2n) is 4.18. The van der Waals surface area contributed by atoms with Crippen LogP contribution in [-0.4, -0.2) is 35.8 Å². The number of rotatable bonds is 5. The van der Waals surface area contributed by atoms with Crippen molar-refractivity contribution in [1.29, 1.82) is 0 Å². The molecular weight excluding hydrogens is 400 g/mol. The number of aryl methyl sites for hydroxylation is 1. The van der Waals surface area contributed by atoms with Crippen molar-refractivity contribution in [3.8, 4) is 0 Å². The first kappa shape index (κ1) is 16.6. The van der Waals surface area contributed by atoms with Gasteiger partial charge in [-0.1, -0.05) is 0 Å². The van der Waals surface area contributed by atoms with Crippen molar-refractivity contribution >= 4 is 54.6 Å². The average Bonchev–Trinajstić information content (AvgIpc) is 2.96. The second kappa shape index (κ2) is 6.13. The van der Waals surface area contributed by atoms with Gasteiger partial charge in [-0.25, -0.2) is 18.2 Å². The van der Waals surface area contributed by atoms with E-state index in [1.54, 1.807) is 5.51 Å². The summed E-state index contributed by atoms with van der Waals surface area (Å²) in [6, 6.07) is 1.17. The Hall–Kier alpha value is -0.810. The summed E-state index contributed by atoms with van der Waals surface area (Å²) in [4.78, 5) is 15.8. The maximum absolute atomic E-state index is 12.5. The van der Waals surface area contributed by atoms with Crippen molar-refractivity contribution in [2.45, 2.75) is 18.4 Å². The lowest BCUT2D eigenvalue weighted by molar-refractivity contribution is 0.0702. The van der Waals surface area contributed by atoms with Gasteiger partial charge in [0.25, 0.3) is 0 Å². The number of sulfonamides is 1. The molecule has 0 aliphatic rings. The highest BCUT2D eigenvalue weighted by Crippen LogP contribution is 2.33. The van der Waals surface area contributed by atoms with Gasteiger partial charge in [-0.05, 0) is 28.9 Å². The molecule has 0 aliphatic carbocycles. The fourth-order valence-electron chi connectivity index (χ4n) is 1.57. The summed E-state index contributed by atoms with van der Waals surface area (Å²) in [5, 5.41) is 8.95. The Balaban J connectivity index is 2.33. The Kier molecular flexibility index (Phi) is 4.83. The topological polar surface area (TPSA) is 87.6 Å². The standard InChI is InChI=1S/C11H11BrN2O4S3/c1-6-8(19-5-13-6)4-14(2)21(17,18)9-3-7(11(15)16)20-10(9)12/h3,5H,4H2,1-2H3,(H,15,16). The van der Waals surface area contributed by atoms with E-state index in [2.05, 4.69) is 20.9 Å². The first-order chi connectivity index (χ1) is 9.73. The highest BCUT2D eigenvalue weighted by molar-refractivity contribution is 9.11. The molecule has 0 aromatic carbocycles. The predicted molar refractivity (Wildman–Crippen MR) is 84.5 cm³/mol. The van der Waals surface area contributed by atoms with Gasteiger partial charge in [-0.15, -0.1) is 22.7 Å². The van der Waals surface area contributed by atoms with Crippen LogP contribution in [0, 0.1) is 6.92 Å². The molecule has 0 saturated carbocycles. The summed E-state index contributed by atoms with van der Waals surface area (Å²) in [6.07, 6.45) is 0. The van der Waals surface area contributed by atoms with Crippen molar-refractivity contribution in [3.63, 3.8) is 0 Å². The Labute approximate surface area is 138 Å². The van der Waals surface area contributed by atoms with Gasteiger partial charge >= 0.3 is 5.97 Å². The molecule has 0 unspecified atom stereocenters. The van der Waals surface area contributed by atoms with E-state index in [9.17, 15) is 13.2 Å².